The normalized spacial score (nSPS) is 11.9. The molecule has 0 atom stereocenters. The van der Waals surface area contributed by atoms with E-state index in [0.29, 0.717) is 12.1 Å². The number of rotatable bonds is 3. The van der Waals surface area contributed by atoms with Crippen LogP contribution in [-0.4, -0.2) is 17.6 Å². The van der Waals surface area contributed by atoms with Crippen LogP contribution >= 0.6 is 0 Å². The topological polar surface area (TPSA) is 29.5 Å². The molecule has 0 aliphatic carbocycles. The summed E-state index contributed by atoms with van der Waals surface area (Å²) in [6, 6.07) is 1.93. The van der Waals surface area contributed by atoms with Crippen LogP contribution in [0.5, 0.6) is 11.5 Å². The van der Waals surface area contributed by atoms with Crippen LogP contribution in [0, 0.1) is 5.82 Å². The van der Waals surface area contributed by atoms with Gasteiger partial charge < -0.3 is 9.84 Å². The summed E-state index contributed by atoms with van der Waals surface area (Å²) in [6.45, 7) is 0. The molecule has 2 nitrogen and oxygen atoms in total. The van der Waals surface area contributed by atoms with Crippen molar-refractivity contribution in [3.05, 3.63) is 24.0 Å². The minimum Gasteiger partial charge on any atom is -0.508 e. The average molecular weight is 228 g/mol. The summed E-state index contributed by atoms with van der Waals surface area (Å²) in [5, 5.41) is 8.71. The van der Waals surface area contributed by atoms with E-state index in [2.05, 4.69) is 4.74 Å². The molecule has 0 fully saturated rings. The minimum atomic E-state index is -4.77. The Morgan fingerprint density at radius 3 is 2.33 bits per heavy atom. The van der Waals surface area contributed by atoms with Crippen LogP contribution in [0.1, 0.15) is 0 Å². The molecule has 0 radical (unpaired) electrons. The predicted molar refractivity (Wildman–Crippen MR) is 39.6 cm³/mol. The van der Waals surface area contributed by atoms with Crippen molar-refractivity contribution >= 4 is 0 Å². The SMILES string of the molecule is Oc1ccc(OC(F)(F)C(F)F)c(F)c1. The van der Waals surface area contributed by atoms with Gasteiger partial charge in [0.2, 0.25) is 0 Å². The zero-order valence-corrected chi connectivity index (χ0v) is 7.05. The molecule has 0 aliphatic heterocycles. The first kappa shape index (κ1) is 11.5. The lowest BCUT2D eigenvalue weighted by Gasteiger charge is -2.16. The van der Waals surface area contributed by atoms with E-state index in [4.69, 9.17) is 5.11 Å². The van der Waals surface area contributed by atoms with Gasteiger partial charge in [0.25, 0.3) is 0 Å². The first-order chi connectivity index (χ1) is 6.83. The van der Waals surface area contributed by atoms with E-state index in [-0.39, 0.29) is 0 Å². The van der Waals surface area contributed by atoms with Crippen molar-refractivity contribution in [1.82, 2.24) is 0 Å². The van der Waals surface area contributed by atoms with Crippen molar-refractivity contribution in [2.24, 2.45) is 0 Å². The molecule has 84 valence electrons. The molecule has 0 aliphatic rings. The molecule has 15 heavy (non-hydrogen) atoms. The average Bonchev–Trinajstić information content (AvgIpc) is 2.09. The molecule has 0 saturated carbocycles. The maximum Gasteiger partial charge on any atom is 0.461 e. The van der Waals surface area contributed by atoms with Crippen molar-refractivity contribution in [2.45, 2.75) is 12.5 Å². The Labute approximate surface area is 80.9 Å². The smallest absolute Gasteiger partial charge is 0.461 e. The molecule has 0 aromatic heterocycles. The van der Waals surface area contributed by atoms with Crippen LogP contribution in [0.15, 0.2) is 18.2 Å². The number of hydrogen-bond acceptors (Lipinski definition) is 2. The highest BCUT2D eigenvalue weighted by molar-refractivity contribution is 5.32. The summed E-state index contributed by atoms with van der Waals surface area (Å²) in [4.78, 5) is 0. The number of benzene rings is 1. The van der Waals surface area contributed by atoms with Gasteiger partial charge in [-0.15, -0.1) is 0 Å². The van der Waals surface area contributed by atoms with Gasteiger partial charge in [-0.05, 0) is 12.1 Å². The molecule has 1 aromatic carbocycles. The summed E-state index contributed by atoms with van der Waals surface area (Å²) >= 11 is 0. The lowest BCUT2D eigenvalue weighted by atomic mass is 10.3. The Morgan fingerprint density at radius 1 is 1.27 bits per heavy atom. The first-order valence-corrected chi connectivity index (χ1v) is 3.66. The fraction of sp³-hybridized carbons (Fsp3) is 0.250. The summed E-state index contributed by atoms with van der Waals surface area (Å²) in [5.41, 5.74) is 0. The van der Waals surface area contributed by atoms with Crippen LogP contribution in [0.4, 0.5) is 22.0 Å². The highest BCUT2D eigenvalue weighted by Crippen LogP contribution is 2.30. The number of phenolic OH excluding ortho intramolecular Hbond substituents is 1. The maximum absolute atomic E-state index is 12.8. The first-order valence-electron chi connectivity index (χ1n) is 3.66. The Morgan fingerprint density at radius 2 is 1.87 bits per heavy atom. The van der Waals surface area contributed by atoms with Gasteiger partial charge >= 0.3 is 12.5 Å². The van der Waals surface area contributed by atoms with Crippen molar-refractivity contribution in [2.75, 3.05) is 0 Å². The fourth-order valence-electron chi connectivity index (χ4n) is 0.764. The number of ether oxygens (including phenoxy) is 1. The van der Waals surface area contributed by atoms with Crippen LogP contribution in [0.2, 0.25) is 0 Å². The monoisotopic (exact) mass is 228 g/mol. The van der Waals surface area contributed by atoms with Crippen molar-refractivity contribution in [3.63, 3.8) is 0 Å². The second-order valence-corrected chi connectivity index (χ2v) is 2.58. The second kappa shape index (κ2) is 3.92. The van der Waals surface area contributed by atoms with Gasteiger partial charge in [-0.2, -0.15) is 17.6 Å². The molecule has 7 heteroatoms. The molecule has 0 heterocycles. The van der Waals surface area contributed by atoms with Crippen molar-refractivity contribution < 1.29 is 31.8 Å². The van der Waals surface area contributed by atoms with Gasteiger partial charge in [-0.25, -0.2) is 4.39 Å². The molecule has 1 aromatic rings. The number of alkyl halides is 4. The summed E-state index contributed by atoms with van der Waals surface area (Å²) in [6.07, 6.45) is -8.83. The molecular weight excluding hydrogens is 223 g/mol. The molecule has 0 unspecified atom stereocenters. The van der Waals surface area contributed by atoms with E-state index in [1.807, 2.05) is 0 Å². The van der Waals surface area contributed by atoms with Crippen LogP contribution in [0.25, 0.3) is 0 Å². The number of hydrogen-bond donors (Lipinski definition) is 1. The lowest BCUT2D eigenvalue weighted by Crippen LogP contribution is -2.33. The van der Waals surface area contributed by atoms with Gasteiger partial charge in [0.15, 0.2) is 11.6 Å². The van der Waals surface area contributed by atoms with E-state index in [0.717, 1.165) is 6.07 Å². The third kappa shape index (κ3) is 2.71. The Balaban J connectivity index is 2.90. The Kier molecular flexibility index (Phi) is 3.01. The Hall–Kier alpha value is -1.53. The van der Waals surface area contributed by atoms with E-state index in [9.17, 15) is 22.0 Å². The molecule has 0 bridgehead atoms. The van der Waals surface area contributed by atoms with E-state index < -0.39 is 29.9 Å². The lowest BCUT2D eigenvalue weighted by molar-refractivity contribution is -0.254. The standard InChI is InChI=1S/C8H5F5O2/c9-5-3-4(14)1-2-6(5)15-8(12,13)7(10)11/h1-3,7,14H. The molecular formula is C8H5F5O2. The van der Waals surface area contributed by atoms with E-state index in [1.165, 1.54) is 0 Å². The predicted octanol–water partition coefficient (Wildman–Crippen LogP) is 2.77. The quantitative estimate of drug-likeness (QED) is 0.806. The number of halogens is 5. The summed E-state index contributed by atoms with van der Waals surface area (Å²) in [5.74, 6) is -2.94. The second-order valence-electron chi connectivity index (χ2n) is 2.58. The van der Waals surface area contributed by atoms with Gasteiger partial charge in [0.05, 0.1) is 0 Å². The number of aromatic hydroxyl groups is 1. The zero-order valence-electron chi connectivity index (χ0n) is 7.05. The van der Waals surface area contributed by atoms with Gasteiger partial charge in [0.1, 0.15) is 5.75 Å². The van der Waals surface area contributed by atoms with Crippen LogP contribution < -0.4 is 4.74 Å². The summed E-state index contributed by atoms with van der Waals surface area (Å²) < 4.78 is 64.2. The van der Waals surface area contributed by atoms with Crippen LogP contribution in [0.3, 0.4) is 0 Å². The van der Waals surface area contributed by atoms with Crippen molar-refractivity contribution in [3.8, 4) is 11.5 Å². The zero-order chi connectivity index (χ0) is 11.6. The fourth-order valence-corrected chi connectivity index (χ4v) is 0.764. The highest BCUT2D eigenvalue weighted by Gasteiger charge is 2.44. The van der Waals surface area contributed by atoms with E-state index >= 15 is 0 Å². The number of phenols is 1. The molecule has 0 amide bonds. The van der Waals surface area contributed by atoms with E-state index in [1.54, 1.807) is 0 Å². The van der Waals surface area contributed by atoms with Gasteiger partial charge in [-0.3, -0.25) is 0 Å². The molecule has 1 rings (SSSR count). The van der Waals surface area contributed by atoms with Gasteiger partial charge in [0, 0.05) is 6.07 Å². The summed E-state index contributed by atoms with van der Waals surface area (Å²) in [7, 11) is 0. The third-order valence-electron chi connectivity index (χ3n) is 1.42. The maximum atomic E-state index is 12.8. The molecule has 1 N–H and O–H groups in total. The third-order valence-corrected chi connectivity index (χ3v) is 1.42. The molecule has 0 spiro atoms. The van der Waals surface area contributed by atoms with Crippen molar-refractivity contribution in [1.29, 1.82) is 0 Å². The van der Waals surface area contributed by atoms with Crippen LogP contribution in [-0.2, 0) is 0 Å². The minimum absolute atomic E-state index is 0.469. The Bertz CT molecular complexity index is 353. The molecule has 0 saturated heterocycles. The largest absolute Gasteiger partial charge is 0.508 e. The highest BCUT2D eigenvalue weighted by atomic mass is 19.3. The van der Waals surface area contributed by atoms with Gasteiger partial charge in [-0.1, -0.05) is 0 Å².